The van der Waals surface area contributed by atoms with Crippen molar-refractivity contribution < 1.29 is 19.4 Å². The number of carboxylic acids is 1. The summed E-state index contributed by atoms with van der Waals surface area (Å²) in [6.45, 7) is 7.33. The maximum absolute atomic E-state index is 12.5. The molecule has 2 rings (SSSR count). The Bertz CT molecular complexity index is 603. The number of hydrogen-bond donors (Lipinski definition) is 1. The Kier molecular flexibility index (Phi) is 7.21. The van der Waals surface area contributed by atoms with Gasteiger partial charge in [-0.1, -0.05) is 32.9 Å². The van der Waals surface area contributed by atoms with Gasteiger partial charge in [-0.3, -0.25) is 9.59 Å². The topological polar surface area (TPSA) is 66.8 Å². The first-order valence-corrected chi connectivity index (χ1v) is 9.51. The van der Waals surface area contributed by atoms with Crippen LogP contribution in [0.4, 0.5) is 5.69 Å². The zero-order valence-electron chi connectivity index (χ0n) is 16.2. The molecule has 1 fully saturated rings. The van der Waals surface area contributed by atoms with Crippen LogP contribution in [0.2, 0.25) is 0 Å². The lowest BCUT2D eigenvalue weighted by molar-refractivity contribution is -0.138. The molecule has 0 aromatic heterocycles. The largest absolute Gasteiger partial charge is 0.481 e. The first-order valence-electron chi connectivity index (χ1n) is 9.51. The van der Waals surface area contributed by atoms with E-state index in [9.17, 15) is 9.59 Å². The Labute approximate surface area is 156 Å². The predicted octanol–water partition coefficient (Wildman–Crippen LogP) is 4.14. The molecule has 1 heterocycles. The van der Waals surface area contributed by atoms with Crippen LogP contribution in [0.3, 0.4) is 0 Å². The Hall–Kier alpha value is -1.88. The minimum Gasteiger partial charge on any atom is -0.481 e. The van der Waals surface area contributed by atoms with E-state index in [2.05, 4.69) is 45.0 Å². The van der Waals surface area contributed by atoms with E-state index in [-0.39, 0.29) is 30.4 Å². The fourth-order valence-electron chi connectivity index (χ4n) is 3.37. The van der Waals surface area contributed by atoms with Gasteiger partial charge in [-0.05, 0) is 48.8 Å². The van der Waals surface area contributed by atoms with Crippen molar-refractivity contribution in [2.24, 2.45) is 0 Å². The van der Waals surface area contributed by atoms with Crippen LogP contribution in [-0.2, 0) is 19.7 Å². The molecule has 0 aliphatic carbocycles. The number of amides is 1. The van der Waals surface area contributed by atoms with Gasteiger partial charge in [0.15, 0.2) is 0 Å². The third kappa shape index (κ3) is 5.84. The number of piperidine rings is 1. The summed E-state index contributed by atoms with van der Waals surface area (Å²) in [4.78, 5) is 25.0. The van der Waals surface area contributed by atoms with E-state index in [1.54, 1.807) is 0 Å². The van der Waals surface area contributed by atoms with Crippen LogP contribution in [0, 0.1) is 0 Å². The number of benzene rings is 1. The van der Waals surface area contributed by atoms with E-state index in [1.807, 2.05) is 4.90 Å². The normalized spacial score (nSPS) is 18.2. The van der Waals surface area contributed by atoms with Gasteiger partial charge in [-0.25, -0.2) is 0 Å². The second-order valence-corrected chi connectivity index (χ2v) is 8.01. The third-order valence-corrected chi connectivity index (χ3v) is 4.86. The second-order valence-electron chi connectivity index (χ2n) is 8.01. The molecule has 26 heavy (non-hydrogen) atoms. The third-order valence-electron chi connectivity index (χ3n) is 4.86. The molecule has 144 valence electrons. The summed E-state index contributed by atoms with van der Waals surface area (Å²) in [5, 5.41) is 8.61. The lowest BCUT2D eigenvalue weighted by atomic mass is 9.87. The van der Waals surface area contributed by atoms with E-state index in [0.717, 1.165) is 31.4 Å². The standard InChI is InChI=1S/C21H31NO4/c1-21(2,3)16-9-11-18(12-10-16)22-17(6-4-8-19(22)23)7-5-14-26-15-13-20(24)25/h9-12,17H,4-8,13-15H2,1-3H3,(H,24,25). The number of anilines is 1. The maximum Gasteiger partial charge on any atom is 0.305 e. The smallest absolute Gasteiger partial charge is 0.305 e. The zero-order valence-corrected chi connectivity index (χ0v) is 16.2. The van der Waals surface area contributed by atoms with Crippen molar-refractivity contribution in [2.75, 3.05) is 18.1 Å². The minimum absolute atomic E-state index is 0.0359. The molecule has 1 N–H and O–H groups in total. The number of carbonyl (C=O) groups excluding carboxylic acids is 1. The molecular weight excluding hydrogens is 330 g/mol. The summed E-state index contributed by atoms with van der Waals surface area (Å²) in [5.41, 5.74) is 2.32. The van der Waals surface area contributed by atoms with Crippen LogP contribution in [-0.4, -0.2) is 36.2 Å². The summed E-state index contributed by atoms with van der Waals surface area (Å²) >= 11 is 0. The highest BCUT2D eigenvalue weighted by Gasteiger charge is 2.29. The predicted molar refractivity (Wildman–Crippen MR) is 103 cm³/mol. The Morgan fingerprint density at radius 3 is 2.54 bits per heavy atom. The Morgan fingerprint density at radius 2 is 1.92 bits per heavy atom. The molecule has 1 aromatic carbocycles. The van der Waals surface area contributed by atoms with Gasteiger partial charge in [0.2, 0.25) is 5.91 Å². The quantitative estimate of drug-likeness (QED) is 0.707. The lowest BCUT2D eigenvalue weighted by Crippen LogP contribution is -2.44. The van der Waals surface area contributed by atoms with Gasteiger partial charge in [0.1, 0.15) is 0 Å². The maximum atomic E-state index is 12.5. The average Bonchev–Trinajstić information content (AvgIpc) is 2.57. The molecule has 0 saturated carbocycles. The second kappa shape index (κ2) is 9.17. The molecule has 5 heteroatoms. The summed E-state index contributed by atoms with van der Waals surface area (Å²) < 4.78 is 5.37. The highest BCUT2D eigenvalue weighted by molar-refractivity contribution is 5.94. The van der Waals surface area contributed by atoms with Crippen molar-refractivity contribution in [3.8, 4) is 0 Å². The fourth-order valence-corrected chi connectivity index (χ4v) is 3.37. The number of aliphatic carboxylic acids is 1. The Morgan fingerprint density at radius 1 is 1.23 bits per heavy atom. The van der Waals surface area contributed by atoms with Gasteiger partial charge in [-0.2, -0.15) is 0 Å². The van der Waals surface area contributed by atoms with Crippen LogP contribution in [0.1, 0.15) is 64.9 Å². The molecule has 1 saturated heterocycles. The molecule has 0 radical (unpaired) electrons. The van der Waals surface area contributed by atoms with Crippen LogP contribution in [0.5, 0.6) is 0 Å². The lowest BCUT2D eigenvalue weighted by Gasteiger charge is -2.36. The van der Waals surface area contributed by atoms with E-state index >= 15 is 0 Å². The van der Waals surface area contributed by atoms with E-state index in [1.165, 1.54) is 5.56 Å². The molecule has 0 bridgehead atoms. The highest BCUT2D eigenvalue weighted by atomic mass is 16.5. The monoisotopic (exact) mass is 361 g/mol. The molecule has 1 unspecified atom stereocenters. The van der Waals surface area contributed by atoms with Gasteiger partial charge < -0.3 is 14.7 Å². The van der Waals surface area contributed by atoms with Crippen molar-refractivity contribution in [1.82, 2.24) is 0 Å². The number of carboxylic acid groups (broad SMARTS) is 1. The van der Waals surface area contributed by atoms with Crippen molar-refractivity contribution in [3.63, 3.8) is 0 Å². The molecule has 1 atom stereocenters. The highest BCUT2D eigenvalue weighted by Crippen LogP contribution is 2.30. The van der Waals surface area contributed by atoms with Crippen molar-refractivity contribution in [2.45, 2.75) is 70.8 Å². The van der Waals surface area contributed by atoms with Crippen molar-refractivity contribution >= 4 is 17.6 Å². The minimum atomic E-state index is -0.840. The first-order chi connectivity index (χ1) is 12.3. The zero-order chi connectivity index (χ0) is 19.2. The van der Waals surface area contributed by atoms with Crippen LogP contribution >= 0.6 is 0 Å². The summed E-state index contributed by atoms with van der Waals surface area (Å²) in [6.07, 6.45) is 4.27. The molecular formula is C21H31NO4. The Balaban J connectivity index is 1.95. The van der Waals surface area contributed by atoms with Gasteiger partial charge >= 0.3 is 5.97 Å². The van der Waals surface area contributed by atoms with Crippen molar-refractivity contribution in [3.05, 3.63) is 29.8 Å². The van der Waals surface area contributed by atoms with Crippen LogP contribution in [0.15, 0.2) is 24.3 Å². The number of hydrogen-bond acceptors (Lipinski definition) is 3. The van der Waals surface area contributed by atoms with Gasteiger partial charge in [0.25, 0.3) is 0 Å². The van der Waals surface area contributed by atoms with Crippen LogP contribution in [0.25, 0.3) is 0 Å². The molecule has 0 spiro atoms. The number of ether oxygens (including phenoxy) is 1. The first kappa shape index (κ1) is 20.4. The average molecular weight is 361 g/mol. The summed E-state index contributed by atoms with van der Waals surface area (Å²) in [7, 11) is 0. The van der Waals surface area contributed by atoms with E-state index in [0.29, 0.717) is 13.0 Å². The SMILES string of the molecule is CC(C)(C)c1ccc(N2C(=O)CCCC2CCCOCCC(=O)O)cc1. The molecule has 1 aliphatic heterocycles. The summed E-state index contributed by atoms with van der Waals surface area (Å²) in [6, 6.07) is 8.53. The molecule has 1 aromatic rings. The number of rotatable bonds is 8. The number of nitrogens with zero attached hydrogens (tertiary/aromatic N) is 1. The van der Waals surface area contributed by atoms with Gasteiger partial charge in [0, 0.05) is 24.8 Å². The van der Waals surface area contributed by atoms with E-state index in [4.69, 9.17) is 9.84 Å². The fraction of sp³-hybridized carbons (Fsp3) is 0.619. The molecule has 5 nitrogen and oxygen atoms in total. The van der Waals surface area contributed by atoms with Gasteiger partial charge in [-0.15, -0.1) is 0 Å². The van der Waals surface area contributed by atoms with Crippen LogP contribution < -0.4 is 4.90 Å². The van der Waals surface area contributed by atoms with Gasteiger partial charge in [0.05, 0.1) is 13.0 Å². The molecule has 1 amide bonds. The van der Waals surface area contributed by atoms with Crippen molar-refractivity contribution in [1.29, 1.82) is 0 Å². The molecule has 1 aliphatic rings. The summed E-state index contributed by atoms with van der Waals surface area (Å²) in [5.74, 6) is -0.649. The number of carbonyl (C=O) groups is 2. The van der Waals surface area contributed by atoms with E-state index < -0.39 is 5.97 Å².